The Hall–Kier alpha value is -7.84. The summed E-state index contributed by atoms with van der Waals surface area (Å²) >= 11 is 0. The van der Waals surface area contributed by atoms with Crippen LogP contribution in [0.3, 0.4) is 0 Å². The molecule has 0 bridgehead atoms. The van der Waals surface area contributed by atoms with Crippen LogP contribution in [0.1, 0.15) is 94.1 Å². The number of amides is 4. The Morgan fingerprint density at radius 3 is 1.29 bits per heavy atom. The highest BCUT2D eigenvalue weighted by Gasteiger charge is 2.52. The molecule has 6 aromatic carbocycles. The molecule has 12 rings (SSSR count). The minimum atomic E-state index is -0.380. The summed E-state index contributed by atoms with van der Waals surface area (Å²) in [5.74, 6) is -1.06. The number of allylic oxidation sites excluding steroid dienone is 4. The number of para-hydroxylation sites is 2. The predicted octanol–water partition coefficient (Wildman–Crippen LogP) is 12.9. The molecule has 334 valence electrons. The SMILES string of the molecule is CC1C=CC=C2C1N(c1cccc3c1C(=O)N(c1ccc(-c4ccc(N5C(=O)c6cccc(N7c8ccccc8C(C)(C)c8ccccc87)c6C5=O)cc4)cc1)C3=O)C1C(=CC=CC1C)C2(C)C. The van der Waals surface area contributed by atoms with E-state index in [9.17, 15) is 19.2 Å². The van der Waals surface area contributed by atoms with Gasteiger partial charge in [0, 0.05) is 10.8 Å². The fraction of sp³-hybridized carbons (Fsp3) is 0.200. The van der Waals surface area contributed by atoms with Crippen molar-refractivity contribution in [3.8, 4) is 11.1 Å². The molecule has 0 radical (unpaired) electrons. The van der Waals surface area contributed by atoms with E-state index in [0.717, 1.165) is 39.3 Å². The largest absolute Gasteiger partial charge is 0.356 e. The number of hydrogen-bond acceptors (Lipinski definition) is 6. The van der Waals surface area contributed by atoms with Gasteiger partial charge < -0.3 is 9.80 Å². The van der Waals surface area contributed by atoms with Gasteiger partial charge in [-0.15, -0.1) is 0 Å². The summed E-state index contributed by atoms with van der Waals surface area (Å²) in [7, 11) is 0. The third-order valence-electron chi connectivity index (χ3n) is 15.6. The summed E-state index contributed by atoms with van der Waals surface area (Å²) in [4.78, 5) is 64.9. The molecule has 0 saturated carbocycles. The van der Waals surface area contributed by atoms with Gasteiger partial charge in [-0.1, -0.05) is 151 Å². The molecule has 68 heavy (non-hydrogen) atoms. The number of carbonyl (C=O) groups excluding carboxylic acids is 4. The lowest BCUT2D eigenvalue weighted by molar-refractivity contribution is 0.0910. The van der Waals surface area contributed by atoms with Gasteiger partial charge in [0.25, 0.3) is 23.6 Å². The minimum Gasteiger partial charge on any atom is -0.356 e. The molecule has 4 unspecified atom stereocenters. The lowest BCUT2D eigenvalue weighted by Gasteiger charge is -2.57. The molecule has 0 N–H and O–H groups in total. The zero-order chi connectivity index (χ0) is 47.0. The molecule has 8 heteroatoms. The van der Waals surface area contributed by atoms with Crippen molar-refractivity contribution in [2.45, 2.75) is 59.0 Å². The fourth-order valence-electron chi connectivity index (χ4n) is 12.2. The topological polar surface area (TPSA) is 81.2 Å². The number of benzene rings is 6. The normalized spacial score (nSPS) is 22.6. The van der Waals surface area contributed by atoms with Crippen LogP contribution in [0, 0.1) is 17.3 Å². The van der Waals surface area contributed by atoms with E-state index in [-0.39, 0.29) is 58.4 Å². The van der Waals surface area contributed by atoms with Crippen molar-refractivity contribution in [3.05, 3.63) is 214 Å². The Kier molecular flexibility index (Phi) is 9.07. The van der Waals surface area contributed by atoms with Crippen LogP contribution in [0.4, 0.5) is 34.1 Å². The average molecular weight is 891 g/mol. The molecule has 8 nitrogen and oxygen atoms in total. The molecule has 4 amide bonds. The maximum Gasteiger partial charge on any atom is 0.268 e. The van der Waals surface area contributed by atoms with Crippen LogP contribution in [0.2, 0.25) is 0 Å². The highest BCUT2D eigenvalue weighted by atomic mass is 16.2. The van der Waals surface area contributed by atoms with E-state index >= 15 is 0 Å². The van der Waals surface area contributed by atoms with Gasteiger partial charge in [0.1, 0.15) is 0 Å². The first kappa shape index (κ1) is 41.6. The molecule has 1 fully saturated rings. The Balaban J connectivity index is 0.828. The van der Waals surface area contributed by atoms with Gasteiger partial charge in [0.15, 0.2) is 0 Å². The molecule has 0 aromatic heterocycles. The van der Waals surface area contributed by atoms with E-state index in [1.165, 1.54) is 20.9 Å². The van der Waals surface area contributed by atoms with E-state index < -0.39 is 0 Å². The second-order valence-corrected chi connectivity index (χ2v) is 20.0. The molecular weight excluding hydrogens is 841 g/mol. The van der Waals surface area contributed by atoms with Crippen molar-refractivity contribution in [1.29, 1.82) is 0 Å². The standard InChI is InChI=1S/C60H50N4O4/c1-35-15-11-21-45-53(35)64(54-36(2)16-12-22-46(54)60(45,5)6)50-26-14-18-42-52(50)58(68)62(56(42)66)40-33-29-38(30-34-40)37-27-31-39(32-28-37)61-55(65)41-17-13-25-49(51(41)57(61)67)63-47-23-9-7-19-43(47)59(3,4)44-20-8-10-24-48(44)63/h7-36,53-54H,1-6H3. The summed E-state index contributed by atoms with van der Waals surface area (Å²) in [5, 5.41) is 0. The predicted molar refractivity (Wildman–Crippen MR) is 270 cm³/mol. The smallest absolute Gasteiger partial charge is 0.268 e. The van der Waals surface area contributed by atoms with E-state index in [0.29, 0.717) is 39.3 Å². The minimum absolute atomic E-state index is 0.0125. The zero-order valence-electron chi connectivity index (χ0n) is 38.9. The van der Waals surface area contributed by atoms with Crippen LogP contribution < -0.4 is 19.6 Å². The van der Waals surface area contributed by atoms with Crippen molar-refractivity contribution in [3.63, 3.8) is 0 Å². The van der Waals surface area contributed by atoms with E-state index in [4.69, 9.17) is 0 Å². The van der Waals surface area contributed by atoms with Crippen LogP contribution in [0.25, 0.3) is 11.1 Å². The van der Waals surface area contributed by atoms with Crippen LogP contribution in [-0.2, 0) is 5.41 Å². The Morgan fingerprint density at radius 1 is 0.412 bits per heavy atom. The molecule has 1 saturated heterocycles. The highest BCUT2D eigenvalue weighted by Crippen LogP contribution is 2.56. The molecule has 4 aliphatic heterocycles. The van der Waals surface area contributed by atoms with Crippen molar-refractivity contribution in [2.75, 3.05) is 19.6 Å². The summed E-state index contributed by atoms with van der Waals surface area (Å²) in [5.41, 5.74) is 12.0. The van der Waals surface area contributed by atoms with Gasteiger partial charge >= 0.3 is 0 Å². The third kappa shape index (κ3) is 5.73. The Morgan fingerprint density at radius 2 is 0.824 bits per heavy atom. The number of rotatable bonds is 5. The number of anilines is 6. The molecule has 4 heterocycles. The van der Waals surface area contributed by atoms with Crippen molar-refractivity contribution < 1.29 is 19.2 Å². The van der Waals surface area contributed by atoms with Gasteiger partial charge in [0.2, 0.25) is 0 Å². The van der Waals surface area contributed by atoms with Crippen LogP contribution in [-0.4, -0.2) is 35.7 Å². The second-order valence-electron chi connectivity index (χ2n) is 20.0. The first-order valence-corrected chi connectivity index (χ1v) is 23.6. The summed E-state index contributed by atoms with van der Waals surface area (Å²) in [6.45, 7) is 13.5. The fourth-order valence-corrected chi connectivity index (χ4v) is 12.2. The quantitative estimate of drug-likeness (QED) is 0.160. The van der Waals surface area contributed by atoms with Gasteiger partial charge in [-0.3, -0.25) is 19.2 Å². The molecule has 2 aliphatic carbocycles. The van der Waals surface area contributed by atoms with E-state index in [2.05, 4.69) is 112 Å². The monoisotopic (exact) mass is 890 g/mol. The van der Waals surface area contributed by atoms with Crippen LogP contribution >= 0.6 is 0 Å². The van der Waals surface area contributed by atoms with Crippen molar-refractivity contribution >= 4 is 57.8 Å². The second kappa shape index (κ2) is 14.8. The van der Waals surface area contributed by atoms with Gasteiger partial charge in [-0.05, 0) is 106 Å². The first-order chi connectivity index (χ1) is 32.8. The molecule has 6 aliphatic rings. The first-order valence-electron chi connectivity index (χ1n) is 23.6. The number of imide groups is 2. The maximum absolute atomic E-state index is 14.7. The third-order valence-corrected chi connectivity index (χ3v) is 15.6. The number of hydrogen-bond donors (Lipinski definition) is 0. The summed E-state index contributed by atoms with van der Waals surface area (Å²) in [6, 6.07) is 42.5. The summed E-state index contributed by atoms with van der Waals surface area (Å²) < 4.78 is 0. The molecule has 6 aromatic rings. The zero-order valence-corrected chi connectivity index (χ0v) is 38.9. The number of carbonyl (C=O) groups is 4. The van der Waals surface area contributed by atoms with Gasteiger partial charge in [-0.25, -0.2) is 9.80 Å². The Bertz CT molecular complexity index is 3240. The van der Waals surface area contributed by atoms with Crippen LogP contribution in [0.15, 0.2) is 181 Å². The Labute approximate surface area is 396 Å². The molecular formula is C60H50N4O4. The van der Waals surface area contributed by atoms with Crippen molar-refractivity contribution in [1.82, 2.24) is 0 Å². The summed E-state index contributed by atoms with van der Waals surface area (Å²) in [6.07, 6.45) is 13.3. The number of nitrogens with zero attached hydrogens (tertiary/aromatic N) is 4. The van der Waals surface area contributed by atoms with E-state index in [1.54, 1.807) is 36.4 Å². The van der Waals surface area contributed by atoms with Crippen molar-refractivity contribution in [2.24, 2.45) is 17.3 Å². The van der Waals surface area contributed by atoms with E-state index in [1.807, 2.05) is 72.8 Å². The average Bonchev–Trinajstić information content (AvgIpc) is 3.76. The molecule has 4 atom stereocenters. The van der Waals surface area contributed by atoms with Gasteiger partial charge in [0.05, 0.1) is 68.5 Å². The van der Waals surface area contributed by atoms with Gasteiger partial charge in [-0.2, -0.15) is 0 Å². The highest BCUT2D eigenvalue weighted by molar-refractivity contribution is 6.37. The lowest BCUT2D eigenvalue weighted by Crippen LogP contribution is -2.60. The van der Waals surface area contributed by atoms with Crippen LogP contribution in [0.5, 0.6) is 0 Å². The number of piperidine rings is 1. The maximum atomic E-state index is 14.7. The molecule has 0 spiro atoms. The lowest BCUT2D eigenvalue weighted by atomic mass is 9.61. The number of fused-ring (bicyclic) bond motifs is 6.